The largest absolute Gasteiger partial charge is 0.395 e. The van der Waals surface area contributed by atoms with E-state index in [1.807, 2.05) is 31.2 Å². The maximum absolute atomic E-state index is 13.0. The third-order valence-electron chi connectivity index (χ3n) is 4.49. The van der Waals surface area contributed by atoms with E-state index in [0.717, 1.165) is 24.0 Å². The Bertz CT molecular complexity index is 619. The van der Waals surface area contributed by atoms with Gasteiger partial charge in [-0.3, -0.25) is 0 Å². The lowest BCUT2D eigenvalue weighted by Gasteiger charge is -2.35. The van der Waals surface area contributed by atoms with Crippen LogP contribution in [0.3, 0.4) is 0 Å². The molecule has 0 aliphatic carbocycles. The molecule has 1 atom stereocenters. The fraction of sp³-hybridized carbons (Fsp3) is 0.647. The van der Waals surface area contributed by atoms with E-state index in [2.05, 4.69) is 0 Å². The van der Waals surface area contributed by atoms with Gasteiger partial charge < -0.3 is 9.84 Å². The summed E-state index contributed by atoms with van der Waals surface area (Å²) in [6.45, 7) is 3.73. The molecular formula is C17H28N2O4S. The second kappa shape index (κ2) is 8.92. The topological polar surface area (TPSA) is 70.1 Å². The first-order valence-corrected chi connectivity index (χ1v) is 9.78. The highest BCUT2D eigenvalue weighted by atomic mass is 32.2. The van der Waals surface area contributed by atoms with Crippen molar-refractivity contribution >= 4 is 10.2 Å². The van der Waals surface area contributed by atoms with Crippen molar-refractivity contribution in [1.29, 1.82) is 0 Å². The van der Waals surface area contributed by atoms with Crippen LogP contribution in [0.4, 0.5) is 0 Å². The maximum atomic E-state index is 13.0. The molecule has 1 aliphatic rings. The molecule has 24 heavy (non-hydrogen) atoms. The fourth-order valence-corrected chi connectivity index (χ4v) is 4.84. The number of piperidine rings is 1. The summed E-state index contributed by atoms with van der Waals surface area (Å²) in [5.41, 5.74) is 2.01. The number of hydrogen-bond donors (Lipinski definition) is 1. The van der Waals surface area contributed by atoms with Gasteiger partial charge in [0.15, 0.2) is 0 Å². The number of rotatable bonds is 8. The molecule has 1 aromatic rings. The zero-order chi connectivity index (χ0) is 17.6. The first-order chi connectivity index (χ1) is 11.5. The van der Waals surface area contributed by atoms with Gasteiger partial charge in [-0.05, 0) is 36.8 Å². The van der Waals surface area contributed by atoms with Crippen molar-refractivity contribution in [1.82, 2.24) is 8.61 Å². The summed E-state index contributed by atoms with van der Waals surface area (Å²) in [6, 6.07) is 7.74. The maximum Gasteiger partial charge on any atom is 0.282 e. The predicted molar refractivity (Wildman–Crippen MR) is 93.8 cm³/mol. The molecule has 1 aromatic carbocycles. The van der Waals surface area contributed by atoms with Crippen LogP contribution in [0, 0.1) is 12.8 Å². The number of aliphatic hydroxyl groups excluding tert-OH is 1. The molecule has 0 amide bonds. The molecule has 1 aliphatic heterocycles. The van der Waals surface area contributed by atoms with Crippen molar-refractivity contribution in [3.05, 3.63) is 35.4 Å². The lowest BCUT2D eigenvalue weighted by molar-refractivity contribution is 0.115. The highest BCUT2D eigenvalue weighted by molar-refractivity contribution is 7.86. The normalized spacial score (nSPS) is 19.8. The van der Waals surface area contributed by atoms with Gasteiger partial charge in [0.05, 0.1) is 13.2 Å². The van der Waals surface area contributed by atoms with E-state index in [9.17, 15) is 13.5 Å². The SMILES string of the molecule is COCC1CCCN(S(=O)(=O)N(CCO)Cc2ccccc2C)C1. The Balaban J connectivity index is 2.17. The Morgan fingerprint density at radius 3 is 2.79 bits per heavy atom. The van der Waals surface area contributed by atoms with E-state index in [4.69, 9.17) is 4.74 Å². The van der Waals surface area contributed by atoms with Crippen molar-refractivity contribution in [2.24, 2.45) is 5.92 Å². The average Bonchev–Trinajstić information content (AvgIpc) is 2.57. The van der Waals surface area contributed by atoms with Crippen LogP contribution in [0.15, 0.2) is 24.3 Å². The van der Waals surface area contributed by atoms with Crippen LogP contribution in [0.5, 0.6) is 0 Å². The van der Waals surface area contributed by atoms with E-state index in [1.165, 1.54) is 8.61 Å². The number of hydrogen-bond acceptors (Lipinski definition) is 4. The molecule has 1 unspecified atom stereocenters. The highest BCUT2D eigenvalue weighted by Gasteiger charge is 2.33. The standard InChI is InChI=1S/C17H28N2O4S/c1-15-6-3-4-8-17(15)13-19(10-11-20)24(21,22)18-9-5-7-16(12-18)14-23-2/h3-4,6,8,16,20H,5,7,9-14H2,1-2H3. The summed E-state index contributed by atoms with van der Waals surface area (Å²) >= 11 is 0. The van der Waals surface area contributed by atoms with Crippen molar-refractivity contribution in [3.63, 3.8) is 0 Å². The number of aryl methyl sites for hydroxylation is 1. The van der Waals surface area contributed by atoms with E-state index in [-0.39, 0.29) is 25.6 Å². The van der Waals surface area contributed by atoms with Crippen molar-refractivity contribution in [2.75, 3.05) is 40.0 Å². The van der Waals surface area contributed by atoms with Crippen LogP contribution in [0.2, 0.25) is 0 Å². The van der Waals surface area contributed by atoms with Gasteiger partial charge in [0.1, 0.15) is 0 Å². The van der Waals surface area contributed by atoms with Crippen LogP contribution < -0.4 is 0 Å². The van der Waals surface area contributed by atoms with Gasteiger partial charge in [-0.1, -0.05) is 24.3 Å². The van der Waals surface area contributed by atoms with Crippen molar-refractivity contribution in [2.45, 2.75) is 26.3 Å². The van der Waals surface area contributed by atoms with Crippen LogP contribution in [-0.2, 0) is 21.5 Å². The zero-order valence-electron chi connectivity index (χ0n) is 14.5. The second-order valence-electron chi connectivity index (χ2n) is 6.31. The lowest BCUT2D eigenvalue weighted by Crippen LogP contribution is -2.49. The molecule has 0 bridgehead atoms. The first kappa shape index (κ1) is 19.3. The van der Waals surface area contributed by atoms with Gasteiger partial charge in [0.2, 0.25) is 0 Å². The summed E-state index contributed by atoms with van der Waals surface area (Å²) < 4.78 is 34.2. The third kappa shape index (κ3) is 4.77. The Kier molecular flexibility index (Phi) is 7.18. The minimum atomic E-state index is -3.60. The van der Waals surface area contributed by atoms with Gasteiger partial charge in [-0.2, -0.15) is 17.0 Å². The minimum absolute atomic E-state index is 0.0993. The van der Waals surface area contributed by atoms with Crippen molar-refractivity contribution < 1.29 is 18.3 Å². The number of methoxy groups -OCH3 is 1. The molecule has 0 spiro atoms. The molecule has 0 radical (unpaired) electrons. The van der Waals surface area contributed by atoms with Crippen molar-refractivity contribution in [3.8, 4) is 0 Å². The molecule has 1 N–H and O–H groups in total. The molecule has 6 nitrogen and oxygen atoms in total. The van der Waals surface area contributed by atoms with E-state index in [0.29, 0.717) is 19.7 Å². The summed E-state index contributed by atoms with van der Waals surface area (Å²) in [4.78, 5) is 0. The monoisotopic (exact) mass is 356 g/mol. The van der Waals surface area contributed by atoms with Gasteiger partial charge in [-0.15, -0.1) is 0 Å². The van der Waals surface area contributed by atoms with E-state index in [1.54, 1.807) is 7.11 Å². The molecule has 0 saturated carbocycles. The van der Waals surface area contributed by atoms with E-state index < -0.39 is 10.2 Å². The van der Waals surface area contributed by atoms with Crippen LogP contribution in [0.25, 0.3) is 0 Å². The average molecular weight is 356 g/mol. The van der Waals surface area contributed by atoms with Gasteiger partial charge in [-0.25, -0.2) is 0 Å². The molecule has 2 rings (SSSR count). The summed E-state index contributed by atoms with van der Waals surface area (Å²) in [7, 11) is -1.96. The number of ether oxygens (including phenoxy) is 1. The number of nitrogens with zero attached hydrogens (tertiary/aromatic N) is 2. The highest BCUT2D eigenvalue weighted by Crippen LogP contribution is 2.23. The molecule has 1 fully saturated rings. The zero-order valence-corrected chi connectivity index (χ0v) is 15.3. The number of aliphatic hydroxyl groups is 1. The summed E-state index contributed by atoms with van der Waals surface area (Å²) in [6.07, 6.45) is 1.82. The molecule has 7 heteroatoms. The molecule has 136 valence electrons. The second-order valence-corrected chi connectivity index (χ2v) is 8.24. The Morgan fingerprint density at radius 2 is 2.12 bits per heavy atom. The predicted octanol–water partition coefficient (Wildman–Crippen LogP) is 1.39. The quantitative estimate of drug-likeness (QED) is 0.764. The molecule has 1 heterocycles. The van der Waals surface area contributed by atoms with Gasteiger partial charge >= 0.3 is 0 Å². The lowest BCUT2D eigenvalue weighted by atomic mass is 10.0. The molecular weight excluding hydrogens is 328 g/mol. The Hall–Kier alpha value is -0.990. The van der Waals surface area contributed by atoms with Gasteiger partial charge in [0.25, 0.3) is 10.2 Å². The fourth-order valence-electron chi connectivity index (χ4n) is 3.14. The van der Waals surface area contributed by atoms with Gasteiger partial charge in [0, 0.05) is 33.3 Å². The summed E-state index contributed by atoms with van der Waals surface area (Å²) in [5, 5.41) is 9.34. The van der Waals surface area contributed by atoms with Crippen LogP contribution >= 0.6 is 0 Å². The molecule has 0 aromatic heterocycles. The Morgan fingerprint density at radius 1 is 1.38 bits per heavy atom. The van der Waals surface area contributed by atoms with Crippen LogP contribution in [0.1, 0.15) is 24.0 Å². The van der Waals surface area contributed by atoms with Crippen LogP contribution in [-0.4, -0.2) is 62.1 Å². The van der Waals surface area contributed by atoms with E-state index >= 15 is 0 Å². The number of benzene rings is 1. The smallest absolute Gasteiger partial charge is 0.282 e. The molecule has 1 saturated heterocycles. The minimum Gasteiger partial charge on any atom is -0.395 e. The Labute approximate surface area is 145 Å². The summed E-state index contributed by atoms with van der Waals surface area (Å²) in [5.74, 6) is 0.230. The first-order valence-electron chi connectivity index (χ1n) is 8.38. The third-order valence-corrected chi connectivity index (χ3v) is 6.44.